The molecule has 0 aliphatic heterocycles. The molecule has 1 aromatic carbocycles. The number of aryl methyl sites for hydroxylation is 2. The predicted molar refractivity (Wildman–Crippen MR) is 101 cm³/mol. The molecule has 0 fully saturated rings. The van der Waals surface area contributed by atoms with Crippen LogP contribution in [-0.4, -0.2) is 18.7 Å². The molecule has 0 bridgehead atoms. The van der Waals surface area contributed by atoms with Crippen molar-refractivity contribution in [3.8, 4) is 0 Å². The van der Waals surface area contributed by atoms with Crippen LogP contribution in [0.1, 0.15) is 30.8 Å². The molecule has 6 nitrogen and oxygen atoms in total. The highest BCUT2D eigenvalue weighted by Gasteiger charge is 2.17. The highest BCUT2D eigenvalue weighted by atomic mass is 19.1. The fourth-order valence-corrected chi connectivity index (χ4v) is 3.06. The summed E-state index contributed by atoms with van der Waals surface area (Å²) in [6.45, 7) is 6.02. The predicted octanol–water partition coefficient (Wildman–Crippen LogP) is 2.55. The SMILES string of the molecule is CCn1c(=O)c2c(nc(C=Cc3cccc(F)c3C)n2C)n(CC)c1=O. The second-order valence-electron chi connectivity index (χ2n) is 6.06. The summed E-state index contributed by atoms with van der Waals surface area (Å²) in [5.74, 6) is 0.249. The third kappa shape index (κ3) is 2.69. The van der Waals surface area contributed by atoms with E-state index in [0.717, 1.165) is 5.56 Å². The van der Waals surface area contributed by atoms with E-state index < -0.39 is 0 Å². The zero-order chi connectivity index (χ0) is 19.0. The van der Waals surface area contributed by atoms with Crippen LogP contribution in [0.5, 0.6) is 0 Å². The topological polar surface area (TPSA) is 61.8 Å². The zero-order valence-corrected chi connectivity index (χ0v) is 15.3. The van der Waals surface area contributed by atoms with Gasteiger partial charge in [0.1, 0.15) is 11.6 Å². The Morgan fingerprint density at radius 1 is 1.12 bits per heavy atom. The van der Waals surface area contributed by atoms with Crippen LogP contribution in [0, 0.1) is 12.7 Å². The Balaban J connectivity index is 2.23. The molecule has 7 heteroatoms. The first-order valence-corrected chi connectivity index (χ1v) is 8.53. The highest BCUT2D eigenvalue weighted by Crippen LogP contribution is 2.17. The van der Waals surface area contributed by atoms with E-state index in [1.54, 1.807) is 43.7 Å². The van der Waals surface area contributed by atoms with Crippen LogP contribution in [0.4, 0.5) is 4.39 Å². The van der Waals surface area contributed by atoms with Crippen molar-refractivity contribution in [2.45, 2.75) is 33.9 Å². The zero-order valence-electron chi connectivity index (χ0n) is 15.3. The van der Waals surface area contributed by atoms with Crippen molar-refractivity contribution >= 4 is 23.3 Å². The fraction of sp³-hybridized carbons (Fsp3) is 0.316. The van der Waals surface area contributed by atoms with Gasteiger partial charge in [0.15, 0.2) is 11.2 Å². The van der Waals surface area contributed by atoms with Gasteiger partial charge in [-0.15, -0.1) is 0 Å². The minimum absolute atomic E-state index is 0.275. The molecule has 0 saturated heterocycles. The summed E-state index contributed by atoms with van der Waals surface area (Å²) in [6.07, 6.45) is 3.48. The van der Waals surface area contributed by atoms with Gasteiger partial charge in [0, 0.05) is 20.1 Å². The van der Waals surface area contributed by atoms with Gasteiger partial charge >= 0.3 is 5.69 Å². The number of fused-ring (bicyclic) bond motifs is 1. The van der Waals surface area contributed by atoms with Crippen LogP contribution in [0.2, 0.25) is 0 Å². The van der Waals surface area contributed by atoms with Gasteiger partial charge in [0.2, 0.25) is 0 Å². The Labute approximate surface area is 149 Å². The molecule has 3 aromatic rings. The Morgan fingerprint density at radius 2 is 1.81 bits per heavy atom. The number of halogens is 1. The lowest BCUT2D eigenvalue weighted by molar-refractivity contribution is 0.604. The first-order valence-electron chi connectivity index (χ1n) is 8.53. The lowest BCUT2D eigenvalue weighted by Crippen LogP contribution is -2.39. The maximum Gasteiger partial charge on any atom is 0.332 e. The molecule has 0 aliphatic rings. The number of aromatic nitrogens is 4. The van der Waals surface area contributed by atoms with Crippen LogP contribution in [0.3, 0.4) is 0 Å². The number of imidazole rings is 1. The Morgan fingerprint density at radius 3 is 2.46 bits per heavy atom. The van der Waals surface area contributed by atoms with Crippen LogP contribution in [-0.2, 0) is 20.1 Å². The summed E-state index contributed by atoms with van der Waals surface area (Å²) < 4.78 is 18.1. The van der Waals surface area contributed by atoms with Crippen molar-refractivity contribution in [3.05, 3.63) is 61.8 Å². The smallest absolute Gasteiger partial charge is 0.322 e. The number of nitrogens with zero attached hydrogens (tertiary/aromatic N) is 4. The first-order chi connectivity index (χ1) is 12.4. The van der Waals surface area contributed by atoms with Gasteiger partial charge in [-0.25, -0.2) is 14.2 Å². The number of hydrogen-bond acceptors (Lipinski definition) is 3. The average Bonchev–Trinajstić information content (AvgIpc) is 2.94. The van der Waals surface area contributed by atoms with E-state index in [4.69, 9.17) is 0 Å². The largest absolute Gasteiger partial charge is 0.332 e. The lowest BCUT2D eigenvalue weighted by Gasteiger charge is -2.08. The third-order valence-corrected chi connectivity index (χ3v) is 4.63. The molecule has 3 rings (SSSR count). The monoisotopic (exact) mass is 356 g/mol. The fourth-order valence-electron chi connectivity index (χ4n) is 3.06. The molecule has 0 aliphatic carbocycles. The van der Waals surface area contributed by atoms with Crippen molar-refractivity contribution < 1.29 is 4.39 Å². The molecule has 2 aromatic heterocycles. The summed E-state index contributed by atoms with van der Waals surface area (Å²) >= 11 is 0. The van der Waals surface area contributed by atoms with Gasteiger partial charge in [0.05, 0.1) is 0 Å². The Hall–Kier alpha value is -2.96. The van der Waals surface area contributed by atoms with Gasteiger partial charge in [-0.2, -0.15) is 0 Å². The van der Waals surface area contributed by atoms with Gasteiger partial charge in [-0.1, -0.05) is 18.2 Å². The van der Waals surface area contributed by atoms with Gasteiger partial charge in [0.25, 0.3) is 5.56 Å². The molecule has 0 amide bonds. The lowest BCUT2D eigenvalue weighted by atomic mass is 10.1. The molecule has 0 unspecified atom stereocenters. The molecule has 0 saturated carbocycles. The molecule has 136 valence electrons. The minimum atomic E-state index is -0.359. The summed E-state index contributed by atoms with van der Waals surface area (Å²) in [5, 5.41) is 0. The van der Waals surface area contributed by atoms with Gasteiger partial charge in [-0.3, -0.25) is 13.9 Å². The molecular formula is C19H21FN4O2. The standard InChI is InChI=1S/C19H21FN4O2/c1-5-23-17-16(18(25)24(6-2)19(23)26)22(4)15(21-17)11-10-13-8-7-9-14(20)12(13)3/h7-11H,5-6H2,1-4H3. The van der Waals surface area contributed by atoms with Crippen LogP contribution in [0.15, 0.2) is 27.8 Å². The van der Waals surface area contributed by atoms with Crippen molar-refractivity contribution in [3.63, 3.8) is 0 Å². The molecule has 0 spiro atoms. The number of rotatable bonds is 4. The van der Waals surface area contributed by atoms with E-state index in [-0.39, 0.29) is 17.1 Å². The van der Waals surface area contributed by atoms with E-state index in [9.17, 15) is 14.0 Å². The number of hydrogen-bond donors (Lipinski definition) is 0. The molecule has 2 heterocycles. The van der Waals surface area contributed by atoms with Crippen molar-refractivity contribution in [2.24, 2.45) is 7.05 Å². The van der Waals surface area contributed by atoms with Crippen molar-refractivity contribution in [1.82, 2.24) is 18.7 Å². The van der Waals surface area contributed by atoms with Crippen LogP contribution >= 0.6 is 0 Å². The average molecular weight is 356 g/mol. The van der Waals surface area contributed by atoms with Crippen molar-refractivity contribution in [1.29, 1.82) is 0 Å². The quantitative estimate of drug-likeness (QED) is 0.722. The molecule has 0 atom stereocenters. The Bertz CT molecular complexity index is 1140. The van der Waals surface area contributed by atoms with E-state index >= 15 is 0 Å². The minimum Gasteiger partial charge on any atom is -0.322 e. The first kappa shape index (κ1) is 17.8. The third-order valence-electron chi connectivity index (χ3n) is 4.63. The summed E-state index contributed by atoms with van der Waals surface area (Å²) in [7, 11) is 1.74. The maximum atomic E-state index is 13.7. The maximum absolute atomic E-state index is 13.7. The summed E-state index contributed by atoms with van der Waals surface area (Å²) in [5.41, 5.74) is 1.31. The van der Waals surface area contributed by atoms with Crippen LogP contribution in [0.25, 0.3) is 23.3 Å². The van der Waals surface area contributed by atoms with E-state index in [1.807, 2.05) is 13.0 Å². The molecule has 0 N–H and O–H groups in total. The van der Waals surface area contributed by atoms with E-state index in [0.29, 0.717) is 35.6 Å². The molecule has 26 heavy (non-hydrogen) atoms. The second-order valence-corrected chi connectivity index (χ2v) is 6.06. The van der Waals surface area contributed by atoms with Gasteiger partial charge < -0.3 is 4.57 Å². The Kier molecular flexibility index (Phi) is 4.63. The van der Waals surface area contributed by atoms with E-state index in [2.05, 4.69) is 4.98 Å². The normalized spacial score (nSPS) is 11.7. The van der Waals surface area contributed by atoms with Crippen molar-refractivity contribution in [2.75, 3.05) is 0 Å². The number of benzene rings is 1. The molecular weight excluding hydrogens is 335 g/mol. The second kappa shape index (κ2) is 6.74. The molecule has 0 radical (unpaired) electrons. The van der Waals surface area contributed by atoms with Gasteiger partial charge in [-0.05, 0) is 44.0 Å². The summed E-state index contributed by atoms with van der Waals surface area (Å²) in [6, 6.07) is 4.87. The van der Waals surface area contributed by atoms with E-state index in [1.165, 1.54) is 15.2 Å². The van der Waals surface area contributed by atoms with Crippen LogP contribution < -0.4 is 11.2 Å². The highest BCUT2D eigenvalue weighted by molar-refractivity contribution is 5.77. The summed E-state index contributed by atoms with van der Waals surface area (Å²) in [4.78, 5) is 29.6.